The molecule has 0 aliphatic rings. The van der Waals surface area contributed by atoms with E-state index in [0.717, 1.165) is 22.8 Å². The average Bonchev–Trinajstić information content (AvgIpc) is 2.76. The molecule has 0 N–H and O–H groups in total. The van der Waals surface area contributed by atoms with Crippen LogP contribution in [-0.2, 0) is 0 Å². The molecule has 472 valence electrons. The summed E-state index contributed by atoms with van der Waals surface area (Å²) in [7, 11) is 0. The number of rotatable bonds is 4. The van der Waals surface area contributed by atoms with Crippen LogP contribution in [0.25, 0.3) is 45.0 Å². The van der Waals surface area contributed by atoms with E-state index in [1.54, 1.807) is 24.8 Å². The van der Waals surface area contributed by atoms with E-state index in [-0.39, 0.29) is 0 Å². The Balaban J connectivity index is 0.000000192. The summed E-state index contributed by atoms with van der Waals surface area (Å²) in [6, 6.07) is 161. The third kappa shape index (κ3) is 39.4. The Morgan fingerprint density at radius 3 is 0.281 bits per heavy atom. The smallest absolute Gasteiger partial charge is 0.0886 e. The molecule has 16 aromatic rings. The van der Waals surface area contributed by atoms with Crippen molar-refractivity contribution < 1.29 is 0 Å². The van der Waals surface area contributed by atoms with Gasteiger partial charge >= 0.3 is 0 Å². The molecule has 0 saturated heterocycles. The number of benzene rings is 12. The zero-order valence-corrected chi connectivity index (χ0v) is 54.3. The maximum absolute atomic E-state index is 4.19. The van der Waals surface area contributed by atoms with Gasteiger partial charge in [-0.3, -0.25) is 19.9 Å². The fraction of sp³-hybridized carbons (Fsp3) is 0. The van der Waals surface area contributed by atoms with Crippen molar-refractivity contribution in [1.29, 1.82) is 0 Å². The van der Waals surface area contributed by atoms with Crippen LogP contribution in [0.2, 0.25) is 0 Å². The molecule has 0 radical (unpaired) electrons. The molecule has 4 heterocycles. The lowest BCUT2D eigenvalue weighted by Gasteiger charge is -1.98. The van der Waals surface area contributed by atoms with E-state index >= 15 is 0 Å². The second kappa shape index (κ2) is 55.1. The number of aromatic nitrogens is 4. The molecular weight excluding hydrogens is 1160 g/mol. The highest BCUT2D eigenvalue weighted by atomic mass is 14.8. The quantitative estimate of drug-likeness (QED) is 0.176. The summed E-state index contributed by atoms with van der Waals surface area (Å²) in [5, 5.41) is 0. The first-order valence-electron chi connectivity index (χ1n) is 31.7. The minimum Gasteiger partial charge on any atom is -0.255 e. The van der Waals surface area contributed by atoms with Gasteiger partial charge in [0.15, 0.2) is 0 Å². The van der Waals surface area contributed by atoms with E-state index in [2.05, 4.69) is 117 Å². The van der Waals surface area contributed by atoms with Crippen LogP contribution in [0, 0.1) is 0 Å². The predicted molar refractivity (Wildman–Crippen MR) is 410 cm³/mol. The lowest BCUT2D eigenvalue weighted by Crippen LogP contribution is -1.83. The van der Waals surface area contributed by atoms with E-state index in [0.29, 0.717) is 0 Å². The molecule has 0 aliphatic carbocycles. The summed E-state index contributed by atoms with van der Waals surface area (Å²) in [5.41, 5.74) is 8.76. The van der Waals surface area contributed by atoms with E-state index in [1.807, 2.05) is 388 Å². The lowest BCUT2D eigenvalue weighted by atomic mass is 10.1. The Hall–Kier alpha value is -12.8. The van der Waals surface area contributed by atoms with Crippen LogP contribution in [0.4, 0.5) is 0 Å². The summed E-state index contributed by atoms with van der Waals surface area (Å²) in [5.74, 6) is 0. The van der Waals surface area contributed by atoms with Gasteiger partial charge in [-0.2, -0.15) is 0 Å². The maximum atomic E-state index is 4.19. The van der Waals surface area contributed by atoms with Crippen LogP contribution in [0.15, 0.2) is 510 Å². The van der Waals surface area contributed by atoms with Gasteiger partial charge in [-0.25, -0.2) is 0 Å². The van der Waals surface area contributed by atoms with Gasteiger partial charge in [-0.05, 0) is 70.8 Å². The Morgan fingerprint density at radius 1 is 0.0938 bits per heavy atom. The second-order valence-electron chi connectivity index (χ2n) is 19.6. The molecule has 4 nitrogen and oxygen atoms in total. The van der Waals surface area contributed by atoms with E-state index in [4.69, 9.17) is 0 Å². The largest absolute Gasteiger partial charge is 0.255 e. The number of hydrogen-bond donors (Lipinski definition) is 0. The SMILES string of the molecule is c1ccc(-c2ccccc2)cc1.c1ccc(-c2ccccc2)cc1.c1ccc(-c2ccccn2)nc1.c1ccc(-c2ccccn2)nc1.c1ccccc1.c1ccccc1.c1ccccc1.c1ccccc1.c1ccccc1.c1ccccc1.c1ccccc1.c1ccccc1. The van der Waals surface area contributed by atoms with Crippen molar-refractivity contribution >= 4 is 0 Å². The highest BCUT2D eigenvalue weighted by Gasteiger charge is 1.97. The van der Waals surface area contributed by atoms with Gasteiger partial charge in [0.2, 0.25) is 0 Å². The molecule has 0 saturated carbocycles. The van der Waals surface area contributed by atoms with Crippen molar-refractivity contribution in [2.45, 2.75) is 0 Å². The van der Waals surface area contributed by atoms with Crippen molar-refractivity contribution in [2.75, 3.05) is 0 Å². The van der Waals surface area contributed by atoms with Gasteiger partial charge in [0.25, 0.3) is 0 Å². The molecule has 0 spiro atoms. The van der Waals surface area contributed by atoms with Gasteiger partial charge in [0.05, 0.1) is 22.8 Å². The predicted octanol–water partition coefficient (Wildman–Crippen LogP) is 24.5. The standard InChI is InChI=1S/2C12H10.2C10H8N2.8C6H6/c2*1-3-7-11(8-4-1)12-9-5-2-6-10-12;2*1-3-7-11-9(5-1)10-6-2-4-8-12-10;8*1-2-4-6-5-3-1/h2*1-10H;2*1-8H;8*1-6H. The number of hydrogen-bond acceptors (Lipinski definition) is 4. The Labute approximate surface area is 571 Å². The number of pyridine rings is 4. The van der Waals surface area contributed by atoms with Crippen molar-refractivity contribution in [3.63, 3.8) is 0 Å². The first kappa shape index (κ1) is 74.0. The van der Waals surface area contributed by atoms with Crippen LogP contribution in [0.3, 0.4) is 0 Å². The van der Waals surface area contributed by atoms with Crippen LogP contribution >= 0.6 is 0 Å². The third-order valence-electron chi connectivity index (χ3n) is 12.3. The normalized spacial score (nSPS) is 8.83. The zero-order valence-electron chi connectivity index (χ0n) is 54.3. The first-order chi connectivity index (χ1) is 47.9. The molecule has 12 aromatic carbocycles. The van der Waals surface area contributed by atoms with Gasteiger partial charge in [0.1, 0.15) is 0 Å². The van der Waals surface area contributed by atoms with Crippen LogP contribution < -0.4 is 0 Å². The summed E-state index contributed by atoms with van der Waals surface area (Å²) in [4.78, 5) is 16.7. The van der Waals surface area contributed by atoms with Gasteiger partial charge in [-0.1, -0.05) is 437 Å². The third-order valence-corrected chi connectivity index (χ3v) is 12.3. The summed E-state index contributed by atoms with van der Waals surface area (Å²) in [6.07, 6.45) is 7.07. The van der Waals surface area contributed by atoms with Crippen molar-refractivity contribution in [2.24, 2.45) is 0 Å². The van der Waals surface area contributed by atoms with Crippen molar-refractivity contribution in [3.8, 4) is 45.0 Å². The Bertz CT molecular complexity index is 3020. The molecule has 4 aromatic heterocycles. The van der Waals surface area contributed by atoms with Gasteiger partial charge in [-0.15, -0.1) is 0 Å². The minimum atomic E-state index is 0.915. The summed E-state index contributed by atoms with van der Waals surface area (Å²) < 4.78 is 0. The Kier molecular flexibility index (Phi) is 42.5. The highest BCUT2D eigenvalue weighted by molar-refractivity contribution is 5.63. The monoisotopic (exact) mass is 1240 g/mol. The molecule has 0 fully saturated rings. The minimum absolute atomic E-state index is 0.915. The molecule has 96 heavy (non-hydrogen) atoms. The second-order valence-corrected chi connectivity index (χ2v) is 19.6. The molecule has 0 unspecified atom stereocenters. The van der Waals surface area contributed by atoms with Gasteiger partial charge < -0.3 is 0 Å². The highest BCUT2D eigenvalue weighted by Crippen LogP contribution is 2.19. The topological polar surface area (TPSA) is 51.6 Å². The Morgan fingerprint density at radius 2 is 0.188 bits per heavy atom. The van der Waals surface area contributed by atoms with Crippen molar-refractivity contribution in [1.82, 2.24) is 19.9 Å². The fourth-order valence-electron chi connectivity index (χ4n) is 7.66. The molecular formula is C92H84N4. The van der Waals surface area contributed by atoms with E-state index in [9.17, 15) is 0 Å². The number of nitrogens with zero attached hydrogens (tertiary/aromatic N) is 4. The zero-order chi connectivity index (χ0) is 66.8. The summed E-state index contributed by atoms with van der Waals surface area (Å²) in [6.45, 7) is 0. The molecule has 0 atom stereocenters. The molecule has 0 aliphatic heterocycles. The fourth-order valence-corrected chi connectivity index (χ4v) is 7.66. The average molecular weight is 1250 g/mol. The van der Waals surface area contributed by atoms with Crippen LogP contribution in [0.1, 0.15) is 0 Å². The maximum Gasteiger partial charge on any atom is 0.0886 e. The molecule has 0 amide bonds. The lowest BCUT2D eigenvalue weighted by molar-refractivity contribution is 1.25. The van der Waals surface area contributed by atoms with Crippen LogP contribution in [0.5, 0.6) is 0 Å². The van der Waals surface area contributed by atoms with Crippen LogP contribution in [-0.4, -0.2) is 19.9 Å². The molecule has 0 bridgehead atoms. The summed E-state index contributed by atoms with van der Waals surface area (Å²) >= 11 is 0. The van der Waals surface area contributed by atoms with E-state index in [1.165, 1.54) is 22.3 Å². The molecule has 4 heteroatoms. The molecule has 16 rings (SSSR count). The van der Waals surface area contributed by atoms with Gasteiger partial charge in [0, 0.05) is 24.8 Å². The van der Waals surface area contributed by atoms with E-state index < -0.39 is 0 Å². The van der Waals surface area contributed by atoms with Crippen molar-refractivity contribution in [3.05, 3.63) is 510 Å². The first-order valence-corrected chi connectivity index (χ1v) is 31.7.